The van der Waals surface area contributed by atoms with E-state index in [1.807, 2.05) is 11.8 Å². The maximum Gasteiger partial charge on any atom is 0.315 e. The van der Waals surface area contributed by atoms with Crippen molar-refractivity contribution >= 4 is 23.7 Å². The summed E-state index contributed by atoms with van der Waals surface area (Å²) < 4.78 is 10.7. The number of amides is 3. The largest absolute Gasteiger partial charge is 0.379 e. The number of carbonyl (C=O) groups excluding carboxylic acids is 2. The Bertz CT molecular complexity index is 425. The highest BCUT2D eigenvalue weighted by molar-refractivity contribution is 8.00. The van der Waals surface area contributed by atoms with E-state index < -0.39 is 0 Å². The van der Waals surface area contributed by atoms with Crippen LogP contribution < -0.4 is 16.0 Å². The van der Waals surface area contributed by atoms with Gasteiger partial charge in [-0.25, -0.2) is 4.79 Å². The van der Waals surface area contributed by atoms with Crippen molar-refractivity contribution in [2.24, 2.45) is 0 Å². The molecule has 0 radical (unpaired) electrons. The van der Waals surface area contributed by atoms with Gasteiger partial charge in [0.1, 0.15) is 0 Å². The summed E-state index contributed by atoms with van der Waals surface area (Å²) in [5, 5.41) is 9.29. The fraction of sp³-hybridized carbons (Fsp3) is 0.882. The number of nitrogens with one attached hydrogen (secondary N) is 3. The highest BCUT2D eigenvalue weighted by Crippen LogP contribution is 2.33. The summed E-state index contributed by atoms with van der Waals surface area (Å²) in [4.78, 5) is 23.1. The maximum atomic E-state index is 11.8. The van der Waals surface area contributed by atoms with E-state index in [0.717, 1.165) is 38.0 Å². The van der Waals surface area contributed by atoms with Crippen LogP contribution in [0, 0.1) is 0 Å². The van der Waals surface area contributed by atoms with Crippen LogP contribution >= 0.6 is 11.8 Å². The lowest BCUT2D eigenvalue weighted by Crippen LogP contribution is -2.36. The van der Waals surface area contributed by atoms with Crippen molar-refractivity contribution < 1.29 is 19.1 Å². The molecule has 2 aliphatic heterocycles. The predicted molar refractivity (Wildman–Crippen MR) is 98.9 cm³/mol. The Balaban J connectivity index is 1.41. The van der Waals surface area contributed by atoms with Gasteiger partial charge in [0.15, 0.2) is 0 Å². The molecule has 144 valence electrons. The van der Waals surface area contributed by atoms with Crippen LogP contribution in [0.1, 0.15) is 39.0 Å². The zero-order chi connectivity index (χ0) is 17.9. The number of unbranched alkanes of at least 4 members (excludes halogenated alkanes) is 1. The van der Waals surface area contributed by atoms with Crippen molar-refractivity contribution in [1.82, 2.24) is 16.0 Å². The van der Waals surface area contributed by atoms with Crippen LogP contribution in [0.4, 0.5) is 4.79 Å². The molecular weight excluding hydrogens is 342 g/mol. The number of thioether (sulfide) groups is 1. The molecule has 0 aliphatic carbocycles. The molecule has 0 saturated carbocycles. The van der Waals surface area contributed by atoms with Gasteiger partial charge in [0.25, 0.3) is 0 Å². The van der Waals surface area contributed by atoms with Crippen molar-refractivity contribution in [3.05, 3.63) is 0 Å². The van der Waals surface area contributed by atoms with E-state index in [1.54, 1.807) is 0 Å². The van der Waals surface area contributed by atoms with E-state index in [0.29, 0.717) is 38.0 Å². The van der Waals surface area contributed by atoms with Gasteiger partial charge in [0.05, 0.1) is 31.9 Å². The highest BCUT2D eigenvalue weighted by Gasteiger charge is 2.42. The van der Waals surface area contributed by atoms with E-state index in [9.17, 15) is 9.59 Å². The Morgan fingerprint density at radius 1 is 1.20 bits per heavy atom. The molecule has 0 aromatic heterocycles. The summed E-state index contributed by atoms with van der Waals surface area (Å²) in [7, 11) is 0. The average molecular weight is 374 g/mol. The predicted octanol–water partition coefficient (Wildman–Crippen LogP) is 1.27. The molecule has 3 amide bonds. The first-order valence-corrected chi connectivity index (χ1v) is 10.4. The Hall–Kier alpha value is -0.990. The standard InChI is InChI=1S/C17H31N3O4S/c1-2-8-23-10-11-24-9-7-18-15(21)6-4-3-5-14-16-13(12-25-14)19-17(22)20-16/h13-14,16H,2-12H2,1H3,(H,18,21)(H2,19,20,22). The first-order valence-electron chi connectivity index (χ1n) is 9.31. The fourth-order valence-electron chi connectivity index (χ4n) is 3.09. The third-order valence-electron chi connectivity index (χ3n) is 4.37. The molecule has 0 aromatic rings. The number of urea groups is 1. The molecule has 2 rings (SSSR count). The fourth-order valence-corrected chi connectivity index (χ4v) is 4.63. The molecule has 2 fully saturated rings. The lowest BCUT2D eigenvalue weighted by Gasteiger charge is -2.16. The minimum absolute atomic E-state index is 0.0428. The van der Waals surface area contributed by atoms with E-state index in [2.05, 4.69) is 22.9 Å². The van der Waals surface area contributed by atoms with Gasteiger partial charge in [0, 0.05) is 30.6 Å². The average Bonchev–Trinajstić information content (AvgIpc) is 3.13. The summed E-state index contributed by atoms with van der Waals surface area (Å²) in [5.74, 6) is 1.07. The van der Waals surface area contributed by atoms with Crippen LogP contribution in [0.5, 0.6) is 0 Å². The third kappa shape index (κ3) is 7.42. The Kier molecular flexibility index (Phi) is 9.42. The van der Waals surface area contributed by atoms with Crippen LogP contribution in [-0.2, 0) is 14.3 Å². The van der Waals surface area contributed by atoms with Crippen molar-refractivity contribution in [1.29, 1.82) is 0 Å². The van der Waals surface area contributed by atoms with Gasteiger partial charge >= 0.3 is 6.03 Å². The second-order valence-electron chi connectivity index (χ2n) is 6.44. The Morgan fingerprint density at radius 2 is 2.00 bits per heavy atom. The molecule has 3 atom stereocenters. The highest BCUT2D eigenvalue weighted by atomic mass is 32.2. The van der Waals surface area contributed by atoms with Crippen molar-refractivity contribution in [2.75, 3.05) is 38.7 Å². The van der Waals surface area contributed by atoms with Crippen molar-refractivity contribution in [2.45, 2.75) is 56.4 Å². The minimum atomic E-state index is -0.0428. The van der Waals surface area contributed by atoms with E-state index in [4.69, 9.17) is 9.47 Å². The lowest BCUT2D eigenvalue weighted by molar-refractivity contribution is -0.121. The van der Waals surface area contributed by atoms with Gasteiger partial charge in [0.2, 0.25) is 5.91 Å². The van der Waals surface area contributed by atoms with Gasteiger partial charge in [-0.05, 0) is 19.3 Å². The zero-order valence-electron chi connectivity index (χ0n) is 15.1. The van der Waals surface area contributed by atoms with Gasteiger partial charge < -0.3 is 25.4 Å². The summed E-state index contributed by atoms with van der Waals surface area (Å²) in [6.07, 6.45) is 4.50. The van der Waals surface area contributed by atoms with Crippen molar-refractivity contribution in [3.8, 4) is 0 Å². The van der Waals surface area contributed by atoms with Crippen LogP contribution in [-0.4, -0.2) is 68.0 Å². The molecule has 0 aromatic carbocycles. The minimum Gasteiger partial charge on any atom is -0.379 e. The van der Waals surface area contributed by atoms with E-state index in [-0.39, 0.29) is 24.0 Å². The summed E-state index contributed by atoms with van der Waals surface area (Å²) >= 11 is 1.92. The van der Waals surface area contributed by atoms with Crippen LogP contribution in [0.15, 0.2) is 0 Å². The molecule has 3 N–H and O–H groups in total. The summed E-state index contributed by atoms with van der Waals surface area (Å²) in [6, 6.07) is 0.488. The zero-order valence-corrected chi connectivity index (χ0v) is 15.9. The number of hydrogen-bond donors (Lipinski definition) is 3. The molecular formula is C17H31N3O4S. The second kappa shape index (κ2) is 11.6. The first kappa shape index (κ1) is 20.3. The first-order chi connectivity index (χ1) is 12.2. The molecule has 2 aliphatic rings. The Morgan fingerprint density at radius 3 is 2.80 bits per heavy atom. The lowest BCUT2D eigenvalue weighted by atomic mass is 10.0. The van der Waals surface area contributed by atoms with Gasteiger partial charge in [-0.1, -0.05) is 13.3 Å². The number of hydrogen-bond acceptors (Lipinski definition) is 5. The normalized spacial score (nSPS) is 24.7. The molecule has 3 unspecified atom stereocenters. The molecule has 7 nitrogen and oxygen atoms in total. The maximum absolute atomic E-state index is 11.8. The second-order valence-corrected chi connectivity index (χ2v) is 7.71. The number of carbonyl (C=O) groups is 2. The Labute approximate surface area is 154 Å². The molecule has 0 bridgehead atoms. The smallest absolute Gasteiger partial charge is 0.315 e. The number of rotatable bonds is 13. The molecule has 2 heterocycles. The molecule has 2 saturated heterocycles. The molecule has 0 spiro atoms. The van der Waals surface area contributed by atoms with E-state index >= 15 is 0 Å². The third-order valence-corrected chi connectivity index (χ3v) is 5.88. The SMILES string of the molecule is CCCOCCOCCNC(=O)CCCCC1SCC2NC(=O)NC21. The van der Waals surface area contributed by atoms with Gasteiger partial charge in [-0.15, -0.1) is 0 Å². The molecule has 8 heteroatoms. The summed E-state index contributed by atoms with van der Waals surface area (Å²) in [6.45, 7) is 5.09. The van der Waals surface area contributed by atoms with E-state index in [1.165, 1.54) is 0 Å². The quantitative estimate of drug-likeness (QED) is 0.334. The topological polar surface area (TPSA) is 88.7 Å². The van der Waals surface area contributed by atoms with Gasteiger partial charge in [-0.3, -0.25) is 4.79 Å². The monoisotopic (exact) mass is 373 g/mol. The van der Waals surface area contributed by atoms with Gasteiger partial charge in [-0.2, -0.15) is 11.8 Å². The summed E-state index contributed by atoms with van der Waals surface area (Å²) in [5.41, 5.74) is 0. The van der Waals surface area contributed by atoms with Crippen LogP contribution in [0.2, 0.25) is 0 Å². The number of ether oxygens (including phenoxy) is 2. The van der Waals surface area contributed by atoms with Crippen LogP contribution in [0.25, 0.3) is 0 Å². The van der Waals surface area contributed by atoms with Crippen molar-refractivity contribution in [3.63, 3.8) is 0 Å². The number of fused-ring (bicyclic) bond motifs is 1. The molecule has 25 heavy (non-hydrogen) atoms. The van der Waals surface area contributed by atoms with Crippen LogP contribution in [0.3, 0.4) is 0 Å².